The molecule has 0 saturated carbocycles. The van der Waals surface area contributed by atoms with Gasteiger partial charge in [0.25, 0.3) is 5.56 Å². The maximum Gasteiger partial charge on any atom is 0.258 e. The molecule has 0 fully saturated rings. The van der Waals surface area contributed by atoms with E-state index in [1.807, 2.05) is 32.2 Å². The van der Waals surface area contributed by atoms with Crippen molar-refractivity contribution in [2.24, 2.45) is 7.05 Å². The van der Waals surface area contributed by atoms with Gasteiger partial charge in [-0.3, -0.25) is 9.89 Å². The number of pyridine rings is 1. The first-order valence-corrected chi connectivity index (χ1v) is 12.1. The Morgan fingerprint density at radius 1 is 1.03 bits per heavy atom. The lowest BCUT2D eigenvalue weighted by Gasteiger charge is -2.16. The molecule has 0 spiro atoms. The fraction of sp³-hybridized carbons (Fsp3) is 0.250. The Balaban J connectivity index is 2.07. The molecular weight excluding hydrogens is 426 g/mol. The molecule has 0 amide bonds. The molecular formula is C24H25N3O4S. The van der Waals surface area contributed by atoms with Gasteiger partial charge >= 0.3 is 0 Å². The van der Waals surface area contributed by atoms with Crippen molar-refractivity contribution in [3.05, 3.63) is 64.8 Å². The molecule has 2 heterocycles. The summed E-state index contributed by atoms with van der Waals surface area (Å²) in [4.78, 5) is 13.1. The van der Waals surface area contributed by atoms with Crippen LogP contribution in [0.1, 0.15) is 19.5 Å². The fourth-order valence-corrected chi connectivity index (χ4v) is 4.77. The van der Waals surface area contributed by atoms with Gasteiger partial charge in [0.05, 0.1) is 22.9 Å². The second-order valence-electron chi connectivity index (χ2n) is 7.60. The highest BCUT2D eigenvalue weighted by Crippen LogP contribution is 2.37. The quantitative estimate of drug-likeness (QED) is 0.476. The lowest BCUT2D eigenvalue weighted by molar-refractivity contribution is 0.341. The Morgan fingerprint density at radius 2 is 1.81 bits per heavy atom. The van der Waals surface area contributed by atoms with E-state index in [-0.39, 0.29) is 16.2 Å². The third-order valence-corrected chi connectivity index (χ3v) is 7.34. The molecule has 4 aromatic rings. The smallest absolute Gasteiger partial charge is 0.258 e. The van der Waals surface area contributed by atoms with Gasteiger partial charge in [-0.1, -0.05) is 13.0 Å². The second-order valence-corrected chi connectivity index (χ2v) is 9.88. The highest BCUT2D eigenvalue weighted by atomic mass is 32.2. The maximum atomic E-state index is 12.9. The van der Waals surface area contributed by atoms with Gasteiger partial charge in [-0.15, -0.1) is 0 Å². The summed E-state index contributed by atoms with van der Waals surface area (Å²) in [5.74, 6) is 0.561. The van der Waals surface area contributed by atoms with Gasteiger partial charge in [0.1, 0.15) is 5.75 Å². The summed E-state index contributed by atoms with van der Waals surface area (Å²) in [5, 5.41) is 8.32. The molecule has 0 saturated heterocycles. The van der Waals surface area contributed by atoms with Gasteiger partial charge in [-0.2, -0.15) is 5.10 Å². The molecule has 0 aliphatic heterocycles. The molecule has 8 heteroatoms. The Bertz CT molecular complexity index is 1480. The van der Waals surface area contributed by atoms with Crippen LogP contribution in [0.5, 0.6) is 5.75 Å². The molecule has 0 unspecified atom stereocenters. The van der Waals surface area contributed by atoms with Gasteiger partial charge in [0.15, 0.2) is 9.84 Å². The van der Waals surface area contributed by atoms with Crippen molar-refractivity contribution < 1.29 is 13.2 Å². The van der Waals surface area contributed by atoms with Crippen LogP contribution in [0, 0.1) is 6.92 Å². The molecule has 2 aromatic heterocycles. The highest BCUT2D eigenvalue weighted by Gasteiger charge is 2.19. The molecule has 1 N–H and O–H groups in total. The molecule has 4 rings (SSSR count). The minimum atomic E-state index is -3.42. The van der Waals surface area contributed by atoms with Crippen LogP contribution in [-0.2, 0) is 16.9 Å². The standard InChI is InChI=1S/C24H25N3O4S/c1-5-31-23-10-8-17(32(29,30)6-2)12-20(23)22-14-27(4)24(28)18-9-7-16(11-19(18)22)21-13-25-26-15(21)3/h7-14H,5-6H2,1-4H3,(H,25,26). The Labute approximate surface area is 186 Å². The SMILES string of the molecule is CCOc1ccc(S(=O)(=O)CC)cc1-c1cn(C)c(=O)c2ccc(-c3c[nH]nc3C)cc12. The number of rotatable bonds is 6. The van der Waals surface area contributed by atoms with Crippen LogP contribution in [0.15, 0.2) is 58.5 Å². The molecule has 0 atom stereocenters. The number of fused-ring (bicyclic) bond motifs is 1. The van der Waals surface area contributed by atoms with Crippen LogP contribution >= 0.6 is 0 Å². The normalized spacial score (nSPS) is 11.8. The average molecular weight is 452 g/mol. The molecule has 0 aliphatic rings. The molecule has 0 radical (unpaired) electrons. The van der Waals surface area contributed by atoms with Crippen LogP contribution < -0.4 is 10.3 Å². The first-order valence-electron chi connectivity index (χ1n) is 10.4. The molecule has 0 aliphatic carbocycles. The second kappa shape index (κ2) is 8.27. The van der Waals surface area contributed by atoms with Crippen molar-refractivity contribution in [3.8, 4) is 28.0 Å². The zero-order chi connectivity index (χ0) is 23.0. The Morgan fingerprint density at radius 3 is 2.47 bits per heavy atom. The van der Waals surface area contributed by atoms with Crippen molar-refractivity contribution in [3.63, 3.8) is 0 Å². The van der Waals surface area contributed by atoms with E-state index < -0.39 is 9.84 Å². The summed E-state index contributed by atoms with van der Waals surface area (Å²) in [6, 6.07) is 10.5. The maximum absolute atomic E-state index is 12.9. The largest absolute Gasteiger partial charge is 0.493 e. The number of aromatic amines is 1. The van der Waals surface area contributed by atoms with E-state index in [0.717, 1.165) is 27.8 Å². The van der Waals surface area contributed by atoms with Gasteiger partial charge in [-0.05, 0) is 55.1 Å². The average Bonchev–Trinajstić information content (AvgIpc) is 3.22. The fourth-order valence-electron chi connectivity index (χ4n) is 3.86. The van der Waals surface area contributed by atoms with E-state index in [0.29, 0.717) is 23.3 Å². The van der Waals surface area contributed by atoms with Crippen LogP contribution in [0.4, 0.5) is 0 Å². The monoisotopic (exact) mass is 451 g/mol. The van der Waals surface area contributed by atoms with E-state index >= 15 is 0 Å². The minimum absolute atomic E-state index is 0.00163. The van der Waals surface area contributed by atoms with E-state index in [2.05, 4.69) is 10.2 Å². The Hall–Kier alpha value is -3.39. The topological polar surface area (TPSA) is 94.0 Å². The molecule has 0 bridgehead atoms. The molecule has 166 valence electrons. The van der Waals surface area contributed by atoms with Gasteiger partial charge in [0.2, 0.25) is 0 Å². The van der Waals surface area contributed by atoms with Crippen LogP contribution in [0.25, 0.3) is 33.0 Å². The Kier molecular flexibility index (Phi) is 5.64. The number of nitrogens with one attached hydrogen (secondary N) is 1. The third-order valence-electron chi connectivity index (χ3n) is 5.61. The van der Waals surface area contributed by atoms with E-state index in [1.165, 1.54) is 4.57 Å². The number of hydrogen-bond acceptors (Lipinski definition) is 5. The summed E-state index contributed by atoms with van der Waals surface area (Å²) in [6.07, 6.45) is 3.55. The number of H-pyrrole nitrogens is 1. The number of sulfone groups is 1. The van der Waals surface area contributed by atoms with E-state index in [4.69, 9.17) is 4.74 Å². The number of aromatic nitrogens is 3. The number of hydrogen-bond donors (Lipinski definition) is 1. The minimum Gasteiger partial charge on any atom is -0.493 e. The molecule has 7 nitrogen and oxygen atoms in total. The number of nitrogens with zero attached hydrogens (tertiary/aromatic N) is 2. The number of ether oxygens (including phenoxy) is 1. The van der Waals surface area contributed by atoms with Gasteiger partial charge in [0, 0.05) is 41.5 Å². The van der Waals surface area contributed by atoms with Crippen LogP contribution in [0.3, 0.4) is 0 Å². The predicted octanol–water partition coefficient (Wildman–Crippen LogP) is 4.10. The highest BCUT2D eigenvalue weighted by molar-refractivity contribution is 7.91. The first-order chi connectivity index (χ1) is 15.3. The summed E-state index contributed by atoms with van der Waals surface area (Å²) < 4.78 is 32.5. The zero-order valence-electron chi connectivity index (χ0n) is 18.5. The summed E-state index contributed by atoms with van der Waals surface area (Å²) >= 11 is 0. The zero-order valence-corrected chi connectivity index (χ0v) is 19.3. The lowest BCUT2D eigenvalue weighted by atomic mass is 9.96. The van der Waals surface area contributed by atoms with Gasteiger partial charge < -0.3 is 9.30 Å². The van der Waals surface area contributed by atoms with Crippen molar-refractivity contribution in [1.82, 2.24) is 14.8 Å². The van der Waals surface area contributed by atoms with Crippen molar-refractivity contribution in [1.29, 1.82) is 0 Å². The third kappa shape index (κ3) is 3.71. The van der Waals surface area contributed by atoms with Crippen LogP contribution in [0.2, 0.25) is 0 Å². The molecule has 32 heavy (non-hydrogen) atoms. The summed E-state index contributed by atoms with van der Waals surface area (Å²) in [7, 11) is -1.73. The van der Waals surface area contributed by atoms with Crippen LogP contribution in [-0.4, -0.2) is 35.5 Å². The molecule has 2 aromatic carbocycles. The summed E-state index contributed by atoms with van der Waals surface area (Å²) in [6.45, 7) is 5.83. The van der Waals surface area contributed by atoms with Crippen molar-refractivity contribution in [2.45, 2.75) is 25.7 Å². The number of aryl methyl sites for hydroxylation is 2. The van der Waals surface area contributed by atoms with E-state index in [9.17, 15) is 13.2 Å². The predicted molar refractivity (Wildman–Crippen MR) is 126 cm³/mol. The van der Waals surface area contributed by atoms with Crippen molar-refractivity contribution in [2.75, 3.05) is 12.4 Å². The first kappa shape index (κ1) is 21.8. The lowest BCUT2D eigenvalue weighted by Crippen LogP contribution is -2.16. The summed E-state index contributed by atoms with van der Waals surface area (Å²) in [5.41, 5.74) is 3.92. The van der Waals surface area contributed by atoms with Crippen molar-refractivity contribution >= 4 is 20.6 Å². The van der Waals surface area contributed by atoms with E-state index in [1.54, 1.807) is 44.4 Å². The number of benzene rings is 2. The van der Waals surface area contributed by atoms with Gasteiger partial charge in [-0.25, -0.2) is 8.42 Å².